The fourth-order valence-electron chi connectivity index (χ4n) is 2.93. The molecule has 0 aliphatic heterocycles. The Labute approximate surface area is 180 Å². The van der Waals surface area contributed by atoms with Gasteiger partial charge < -0.3 is 25.1 Å². The number of hydrogen-bond acceptors (Lipinski definition) is 8. The van der Waals surface area contributed by atoms with Gasteiger partial charge in [0.05, 0.1) is 18.7 Å². The van der Waals surface area contributed by atoms with E-state index in [9.17, 15) is 9.59 Å². The minimum absolute atomic E-state index is 0.129. The number of anilines is 1. The van der Waals surface area contributed by atoms with Crippen molar-refractivity contribution in [2.75, 3.05) is 39.6 Å². The first-order valence-corrected chi connectivity index (χ1v) is 10.2. The number of rotatable bonds is 10. The van der Waals surface area contributed by atoms with Crippen molar-refractivity contribution >= 4 is 23.0 Å². The Morgan fingerprint density at radius 1 is 1.26 bits per heavy atom. The third kappa shape index (κ3) is 5.60. The second-order valence-electron chi connectivity index (χ2n) is 7.45. The van der Waals surface area contributed by atoms with Crippen LogP contribution in [0.5, 0.6) is 6.01 Å². The summed E-state index contributed by atoms with van der Waals surface area (Å²) < 4.78 is 12.3. The third-order valence-electron chi connectivity index (χ3n) is 4.63. The number of aromatic amines is 1. The van der Waals surface area contributed by atoms with E-state index in [1.165, 1.54) is 4.57 Å². The van der Waals surface area contributed by atoms with Crippen LogP contribution in [0.1, 0.15) is 35.7 Å². The average Bonchev–Trinajstić information content (AvgIpc) is 3.04. The van der Waals surface area contributed by atoms with Crippen LogP contribution in [0.15, 0.2) is 29.1 Å². The van der Waals surface area contributed by atoms with Crippen LogP contribution in [-0.2, 0) is 11.3 Å². The zero-order valence-corrected chi connectivity index (χ0v) is 18.1. The van der Waals surface area contributed by atoms with Gasteiger partial charge in [-0.05, 0) is 38.2 Å². The second-order valence-corrected chi connectivity index (χ2v) is 7.45. The average molecular weight is 428 g/mol. The van der Waals surface area contributed by atoms with Gasteiger partial charge in [0.25, 0.3) is 0 Å². The van der Waals surface area contributed by atoms with Crippen molar-refractivity contribution in [2.45, 2.75) is 26.3 Å². The van der Waals surface area contributed by atoms with Crippen LogP contribution in [0.4, 0.5) is 5.82 Å². The Morgan fingerprint density at radius 3 is 2.81 bits per heavy atom. The van der Waals surface area contributed by atoms with Gasteiger partial charge >= 0.3 is 17.7 Å². The first-order valence-electron chi connectivity index (χ1n) is 10.2. The minimum atomic E-state index is -0.409. The van der Waals surface area contributed by atoms with Crippen LogP contribution in [0.2, 0.25) is 0 Å². The number of imidazole rings is 1. The molecular weight excluding hydrogens is 400 g/mol. The van der Waals surface area contributed by atoms with Gasteiger partial charge in [0, 0.05) is 6.54 Å². The zero-order chi connectivity index (χ0) is 22.4. The van der Waals surface area contributed by atoms with Crippen molar-refractivity contribution in [3.05, 3.63) is 45.9 Å². The predicted molar refractivity (Wildman–Crippen MR) is 117 cm³/mol. The quantitative estimate of drug-likeness (QED) is 0.368. The van der Waals surface area contributed by atoms with Gasteiger partial charge in [-0.3, -0.25) is 4.57 Å². The number of esters is 1. The van der Waals surface area contributed by atoms with Crippen molar-refractivity contribution < 1.29 is 14.3 Å². The molecule has 2 heterocycles. The number of ether oxygens (including phenoxy) is 2. The first kappa shape index (κ1) is 22.3. The molecule has 3 aromatic rings. The fourth-order valence-corrected chi connectivity index (χ4v) is 2.93. The largest absolute Gasteiger partial charge is 0.463 e. The van der Waals surface area contributed by atoms with Crippen LogP contribution in [-0.4, -0.2) is 64.2 Å². The van der Waals surface area contributed by atoms with Gasteiger partial charge in [-0.2, -0.15) is 9.97 Å². The molecule has 10 nitrogen and oxygen atoms in total. The van der Waals surface area contributed by atoms with E-state index in [1.54, 1.807) is 18.2 Å². The highest BCUT2D eigenvalue weighted by Gasteiger charge is 2.16. The van der Waals surface area contributed by atoms with E-state index in [4.69, 9.17) is 15.2 Å². The number of fused-ring (bicyclic) bond motifs is 1. The molecule has 0 radical (unpaired) electrons. The van der Waals surface area contributed by atoms with Crippen LogP contribution in [0.25, 0.3) is 11.2 Å². The Kier molecular flexibility index (Phi) is 7.24. The summed E-state index contributed by atoms with van der Waals surface area (Å²) in [5.41, 5.74) is 7.48. The standard InChI is InChI=1S/C21H28N6O4/c1-4-5-10-31-20-24-17(22)16-18(25-20)27(21(29)23-16)13-14-7-6-8-15(12-14)19(28)30-11-9-26(2)3/h6-8,12H,4-5,9-11,13H2,1-3H3,(H,23,29)(H2,22,24,25). The Bertz CT molecular complexity index is 1100. The predicted octanol–water partition coefficient (Wildman–Crippen LogP) is 1.65. The molecule has 0 unspecified atom stereocenters. The summed E-state index contributed by atoms with van der Waals surface area (Å²) in [6.45, 7) is 3.66. The van der Waals surface area contributed by atoms with Gasteiger partial charge in [0.15, 0.2) is 11.5 Å². The molecule has 31 heavy (non-hydrogen) atoms. The number of benzene rings is 1. The molecule has 0 atom stereocenters. The van der Waals surface area contributed by atoms with Crippen molar-refractivity contribution in [2.24, 2.45) is 0 Å². The summed E-state index contributed by atoms with van der Waals surface area (Å²) in [5, 5.41) is 0. The normalized spacial score (nSPS) is 11.2. The maximum absolute atomic E-state index is 12.5. The van der Waals surface area contributed by atoms with E-state index in [2.05, 4.69) is 21.9 Å². The van der Waals surface area contributed by atoms with E-state index in [-0.39, 0.29) is 24.1 Å². The Hall–Kier alpha value is -3.40. The maximum Gasteiger partial charge on any atom is 0.338 e. The molecule has 0 saturated heterocycles. The lowest BCUT2D eigenvalue weighted by Gasteiger charge is -2.10. The molecule has 1 aromatic carbocycles. The van der Waals surface area contributed by atoms with E-state index in [1.807, 2.05) is 25.1 Å². The highest BCUT2D eigenvalue weighted by Crippen LogP contribution is 2.19. The van der Waals surface area contributed by atoms with E-state index in [0.29, 0.717) is 36.5 Å². The molecule has 0 amide bonds. The lowest BCUT2D eigenvalue weighted by molar-refractivity contribution is 0.0481. The van der Waals surface area contributed by atoms with Gasteiger partial charge in [-0.25, -0.2) is 9.59 Å². The molecule has 0 aliphatic carbocycles. The molecule has 3 rings (SSSR count). The van der Waals surface area contributed by atoms with Crippen molar-refractivity contribution in [3.8, 4) is 6.01 Å². The molecule has 0 bridgehead atoms. The van der Waals surface area contributed by atoms with E-state index in [0.717, 1.165) is 18.4 Å². The summed E-state index contributed by atoms with van der Waals surface area (Å²) in [6.07, 6.45) is 1.83. The molecule has 10 heteroatoms. The number of carbonyl (C=O) groups excluding carboxylic acids is 1. The maximum atomic E-state index is 12.5. The number of nitrogens with zero attached hydrogens (tertiary/aromatic N) is 4. The lowest BCUT2D eigenvalue weighted by Crippen LogP contribution is -2.20. The van der Waals surface area contributed by atoms with Crippen LogP contribution >= 0.6 is 0 Å². The number of likely N-dealkylation sites (N-methyl/N-ethyl adjacent to an activating group) is 1. The summed E-state index contributed by atoms with van der Waals surface area (Å²) in [4.78, 5) is 37.9. The van der Waals surface area contributed by atoms with Gasteiger partial charge in [0.1, 0.15) is 12.1 Å². The Morgan fingerprint density at radius 2 is 2.06 bits per heavy atom. The van der Waals surface area contributed by atoms with Crippen LogP contribution < -0.4 is 16.2 Å². The van der Waals surface area contributed by atoms with Gasteiger partial charge in [0.2, 0.25) is 0 Å². The van der Waals surface area contributed by atoms with E-state index >= 15 is 0 Å². The molecule has 166 valence electrons. The molecule has 3 N–H and O–H groups in total. The highest BCUT2D eigenvalue weighted by molar-refractivity contribution is 5.89. The molecule has 2 aromatic heterocycles. The monoisotopic (exact) mass is 428 g/mol. The summed E-state index contributed by atoms with van der Waals surface area (Å²) in [7, 11) is 3.81. The van der Waals surface area contributed by atoms with Crippen molar-refractivity contribution in [3.63, 3.8) is 0 Å². The molecular formula is C21H28N6O4. The van der Waals surface area contributed by atoms with Gasteiger partial charge in [-0.15, -0.1) is 0 Å². The smallest absolute Gasteiger partial charge is 0.338 e. The topological polar surface area (TPSA) is 128 Å². The zero-order valence-electron chi connectivity index (χ0n) is 18.1. The Balaban J connectivity index is 1.83. The number of aromatic nitrogens is 4. The van der Waals surface area contributed by atoms with E-state index < -0.39 is 5.97 Å². The fraction of sp³-hybridized carbons (Fsp3) is 0.429. The molecule has 0 aliphatic rings. The number of H-pyrrole nitrogens is 1. The summed E-state index contributed by atoms with van der Waals surface area (Å²) in [6, 6.07) is 7.08. The number of carbonyl (C=O) groups is 1. The van der Waals surface area contributed by atoms with Gasteiger partial charge in [-0.1, -0.05) is 25.5 Å². The van der Waals surface area contributed by atoms with Crippen LogP contribution in [0.3, 0.4) is 0 Å². The summed E-state index contributed by atoms with van der Waals surface area (Å²) in [5.74, 6) is -0.265. The first-order chi connectivity index (χ1) is 14.9. The molecule has 0 fully saturated rings. The minimum Gasteiger partial charge on any atom is -0.463 e. The number of nitrogens with two attached hydrogens (primary N) is 1. The molecule has 0 spiro atoms. The third-order valence-corrected chi connectivity index (χ3v) is 4.63. The SMILES string of the molecule is CCCCOc1nc(N)c2[nH]c(=O)n(Cc3cccc(C(=O)OCCN(C)C)c3)c2n1. The number of nitrogen functional groups attached to an aromatic ring is 1. The highest BCUT2D eigenvalue weighted by atomic mass is 16.5. The summed E-state index contributed by atoms with van der Waals surface area (Å²) >= 11 is 0. The van der Waals surface area contributed by atoms with Crippen LogP contribution in [0, 0.1) is 0 Å². The number of hydrogen-bond donors (Lipinski definition) is 2. The number of unbranched alkanes of at least 4 members (excludes halogenated alkanes) is 1. The lowest BCUT2D eigenvalue weighted by atomic mass is 10.1. The van der Waals surface area contributed by atoms with Crippen molar-refractivity contribution in [1.82, 2.24) is 24.4 Å². The second kappa shape index (κ2) is 10.1. The van der Waals surface area contributed by atoms with Crippen molar-refractivity contribution in [1.29, 1.82) is 0 Å². The molecule has 0 saturated carbocycles. The number of nitrogens with one attached hydrogen (secondary N) is 1.